The molecule has 0 aliphatic heterocycles. The molecule has 0 aliphatic carbocycles. The van der Waals surface area contributed by atoms with Crippen molar-refractivity contribution in [1.29, 1.82) is 0 Å². The Morgan fingerprint density at radius 2 is 1.90 bits per heavy atom. The highest BCUT2D eigenvalue weighted by atomic mass is 79.9. The molecule has 2 N–H and O–H groups in total. The third-order valence-electron chi connectivity index (χ3n) is 3.65. The van der Waals surface area contributed by atoms with Gasteiger partial charge in [0.15, 0.2) is 11.5 Å². The fourth-order valence-electron chi connectivity index (χ4n) is 2.31. The molecular formula is C21H20BrN3O5. The summed E-state index contributed by atoms with van der Waals surface area (Å²) in [5, 5.41) is 6.48. The van der Waals surface area contributed by atoms with Gasteiger partial charge in [-0.15, -0.1) is 6.42 Å². The number of terminal acetylenes is 1. The number of methoxy groups -OCH3 is 2. The molecule has 0 radical (unpaired) electrons. The van der Waals surface area contributed by atoms with E-state index < -0.39 is 11.8 Å². The lowest BCUT2D eigenvalue weighted by molar-refractivity contribution is -0.126. The number of benzene rings is 2. The molecule has 0 atom stereocenters. The summed E-state index contributed by atoms with van der Waals surface area (Å²) in [6, 6.07) is 10.2. The molecule has 156 valence electrons. The summed E-state index contributed by atoms with van der Waals surface area (Å²) in [6.07, 6.45) is 6.24. The van der Waals surface area contributed by atoms with Gasteiger partial charge in [-0.3, -0.25) is 9.59 Å². The Hall–Kier alpha value is -3.51. The molecule has 2 aromatic carbocycles. The lowest BCUT2D eigenvalue weighted by Gasteiger charge is -2.11. The first-order valence-electron chi connectivity index (χ1n) is 8.66. The zero-order chi connectivity index (χ0) is 21.9. The molecule has 0 heterocycles. The van der Waals surface area contributed by atoms with Crippen LogP contribution >= 0.6 is 15.9 Å². The van der Waals surface area contributed by atoms with Crippen LogP contribution in [0.4, 0.5) is 5.69 Å². The predicted molar refractivity (Wildman–Crippen MR) is 117 cm³/mol. The number of amides is 2. The van der Waals surface area contributed by atoms with E-state index in [4.69, 9.17) is 20.6 Å². The van der Waals surface area contributed by atoms with Gasteiger partial charge in [0.1, 0.15) is 18.8 Å². The maximum Gasteiger partial charge on any atom is 0.249 e. The second kappa shape index (κ2) is 11.5. The van der Waals surface area contributed by atoms with Crippen LogP contribution in [0, 0.1) is 12.3 Å². The molecule has 2 amide bonds. The number of halogens is 1. The highest BCUT2D eigenvalue weighted by Gasteiger charge is 2.12. The van der Waals surface area contributed by atoms with Crippen molar-refractivity contribution in [3.63, 3.8) is 0 Å². The summed E-state index contributed by atoms with van der Waals surface area (Å²) in [5.41, 5.74) is 3.50. The zero-order valence-corrected chi connectivity index (χ0v) is 18.0. The molecule has 9 heteroatoms. The first kappa shape index (κ1) is 22.8. The normalized spacial score (nSPS) is 10.2. The van der Waals surface area contributed by atoms with Gasteiger partial charge in [0.05, 0.1) is 24.9 Å². The van der Waals surface area contributed by atoms with Gasteiger partial charge in [-0.05, 0) is 57.9 Å². The Kier molecular flexibility index (Phi) is 8.72. The van der Waals surface area contributed by atoms with Crippen LogP contribution in [0.5, 0.6) is 17.2 Å². The van der Waals surface area contributed by atoms with Crippen molar-refractivity contribution >= 4 is 39.6 Å². The van der Waals surface area contributed by atoms with Crippen molar-refractivity contribution in [2.75, 3.05) is 26.1 Å². The van der Waals surface area contributed by atoms with Gasteiger partial charge in [0.25, 0.3) is 0 Å². The summed E-state index contributed by atoms with van der Waals surface area (Å²) in [4.78, 5) is 23.9. The molecule has 0 bridgehead atoms. The monoisotopic (exact) mass is 473 g/mol. The van der Waals surface area contributed by atoms with Crippen molar-refractivity contribution in [1.82, 2.24) is 5.43 Å². The first-order valence-corrected chi connectivity index (χ1v) is 9.45. The number of hydrogen-bond donors (Lipinski definition) is 2. The van der Waals surface area contributed by atoms with Gasteiger partial charge in [0.2, 0.25) is 11.8 Å². The van der Waals surface area contributed by atoms with Crippen molar-refractivity contribution in [3.05, 3.63) is 46.4 Å². The highest BCUT2D eigenvalue weighted by molar-refractivity contribution is 9.10. The number of rotatable bonds is 9. The van der Waals surface area contributed by atoms with E-state index in [-0.39, 0.29) is 13.0 Å². The number of carbonyl (C=O) groups is 2. The van der Waals surface area contributed by atoms with E-state index in [0.29, 0.717) is 33.0 Å². The SMILES string of the molecule is C#CCOc1c(Br)cc(C=NNC(=O)CC(=O)Nc2ccc(OC)cc2)cc1OC. The van der Waals surface area contributed by atoms with Crippen LogP contribution in [-0.2, 0) is 9.59 Å². The molecule has 8 nitrogen and oxygen atoms in total. The Morgan fingerprint density at radius 1 is 1.17 bits per heavy atom. The minimum Gasteiger partial charge on any atom is -0.497 e. The lowest BCUT2D eigenvalue weighted by Crippen LogP contribution is -2.24. The van der Waals surface area contributed by atoms with Crippen molar-refractivity contribution < 1.29 is 23.8 Å². The second-order valence-corrected chi connectivity index (χ2v) is 6.63. The number of hydrogen-bond acceptors (Lipinski definition) is 6. The molecule has 0 saturated heterocycles. The van der Waals surface area contributed by atoms with Crippen LogP contribution in [0.3, 0.4) is 0 Å². The minimum atomic E-state index is -0.558. The summed E-state index contributed by atoms with van der Waals surface area (Å²) in [6.45, 7) is 0.0943. The predicted octanol–water partition coefficient (Wildman–Crippen LogP) is 2.96. The van der Waals surface area contributed by atoms with Gasteiger partial charge < -0.3 is 19.5 Å². The third-order valence-corrected chi connectivity index (χ3v) is 4.24. The van der Waals surface area contributed by atoms with Crippen molar-refractivity contribution in [2.45, 2.75) is 6.42 Å². The Bertz CT molecular complexity index is 968. The van der Waals surface area contributed by atoms with Gasteiger partial charge in [-0.2, -0.15) is 5.10 Å². The number of nitrogens with zero attached hydrogens (tertiary/aromatic N) is 1. The number of carbonyl (C=O) groups excluding carboxylic acids is 2. The average molecular weight is 474 g/mol. The molecule has 0 aromatic heterocycles. The topological polar surface area (TPSA) is 98.2 Å². The van der Waals surface area contributed by atoms with Crippen LogP contribution in [-0.4, -0.2) is 38.9 Å². The number of anilines is 1. The summed E-state index contributed by atoms with van der Waals surface area (Å²) >= 11 is 3.38. The maximum atomic E-state index is 12.0. The zero-order valence-electron chi connectivity index (χ0n) is 16.4. The van der Waals surface area contributed by atoms with Crippen molar-refractivity contribution in [3.8, 4) is 29.6 Å². The molecule has 2 aromatic rings. The Labute approximate surface area is 182 Å². The third kappa shape index (κ3) is 6.83. The van der Waals surface area contributed by atoms with Gasteiger partial charge in [0, 0.05) is 5.69 Å². The van der Waals surface area contributed by atoms with Gasteiger partial charge >= 0.3 is 0 Å². The van der Waals surface area contributed by atoms with Crippen LogP contribution in [0.1, 0.15) is 12.0 Å². The van der Waals surface area contributed by atoms with Gasteiger partial charge in [-0.25, -0.2) is 5.43 Å². The van der Waals surface area contributed by atoms with E-state index in [1.54, 1.807) is 43.5 Å². The molecule has 0 saturated carbocycles. The molecule has 0 unspecified atom stereocenters. The quantitative estimate of drug-likeness (QED) is 0.252. The second-order valence-electron chi connectivity index (χ2n) is 5.77. The Balaban J connectivity index is 1.91. The molecule has 2 rings (SSSR count). The van der Waals surface area contributed by atoms with E-state index in [0.717, 1.165) is 0 Å². The first-order chi connectivity index (χ1) is 14.5. The van der Waals surface area contributed by atoms with E-state index in [2.05, 4.69) is 37.7 Å². The molecular weight excluding hydrogens is 454 g/mol. The molecule has 0 aliphatic rings. The van der Waals surface area contributed by atoms with Crippen LogP contribution in [0.25, 0.3) is 0 Å². The summed E-state index contributed by atoms with van der Waals surface area (Å²) < 4.78 is 16.4. The number of hydrazone groups is 1. The van der Waals surface area contributed by atoms with Crippen LogP contribution < -0.4 is 25.0 Å². The molecule has 30 heavy (non-hydrogen) atoms. The van der Waals surface area contributed by atoms with E-state index in [9.17, 15) is 9.59 Å². The van der Waals surface area contributed by atoms with Crippen molar-refractivity contribution in [2.24, 2.45) is 5.10 Å². The van der Waals surface area contributed by atoms with E-state index >= 15 is 0 Å². The summed E-state index contributed by atoms with van der Waals surface area (Å²) in [7, 11) is 3.04. The fourth-order valence-corrected chi connectivity index (χ4v) is 2.89. The van der Waals surface area contributed by atoms with Crippen LogP contribution in [0.2, 0.25) is 0 Å². The molecule has 0 spiro atoms. The average Bonchev–Trinajstić information content (AvgIpc) is 2.73. The fraction of sp³-hybridized carbons (Fsp3) is 0.190. The Morgan fingerprint density at radius 3 is 2.53 bits per heavy atom. The maximum absolute atomic E-state index is 12.0. The lowest BCUT2D eigenvalue weighted by atomic mass is 10.2. The number of nitrogens with one attached hydrogen (secondary N) is 2. The van der Waals surface area contributed by atoms with Crippen LogP contribution in [0.15, 0.2) is 46.0 Å². The van der Waals surface area contributed by atoms with E-state index in [1.807, 2.05) is 0 Å². The molecule has 0 fully saturated rings. The minimum absolute atomic E-state index is 0.0943. The highest BCUT2D eigenvalue weighted by Crippen LogP contribution is 2.36. The van der Waals surface area contributed by atoms with Gasteiger partial charge in [-0.1, -0.05) is 5.92 Å². The summed E-state index contributed by atoms with van der Waals surface area (Å²) in [5.74, 6) is 2.94. The number of ether oxygens (including phenoxy) is 3. The van der Waals surface area contributed by atoms with E-state index in [1.165, 1.54) is 13.3 Å². The standard InChI is InChI=1S/C21H20BrN3O5/c1-4-9-30-21-17(22)10-14(11-18(21)29-3)13-23-25-20(27)12-19(26)24-15-5-7-16(28-2)8-6-15/h1,5-8,10-11,13H,9,12H2,2-3H3,(H,24,26)(H,25,27). The largest absolute Gasteiger partial charge is 0.497 e. The smallest absolute Gasteiger partial charge is 0.249 e.